The molecular formula is C10H14FN2P. The molecule has 76 valence electrons. The van der Waals surface area contributed by atoms with Crippen LogP contribution < -0.4 is 5.32 Å². The molecule has 1 aromatic heterocycles. The summed E-state index contributed by atoms with van der Waals surface area (Å²) in [5.74, 6) is 0. The molecule has 0 fully saturated rings. The van der Waals surface area contributed by atoms with Crippen LogP contribution >= 0.6 is 9.24 Å². The number of aryl methyl sites for hydroxylation is 1. The molecule has 0 saturated carbocycles. The molecule has 2 unspecified atom stereocenters. The van der Waals surface area contributed by atoms with Crippen molar-refractivity contribution in [3.63, 3.8) is 0 Å². The summed E-state index contributed by atoms with van der Waals surface area (Å²) in [6, 6.07) is 2.03. The van der Waals surface area contributed by atoms with E-state index in [0.29, 0.717) is 12.2 Å². The minimum absolute atomic E-state index is 0.323. The van der Waals surface area contributed by atoms with Crippen LogP contribution in [0.3, 0.4) is 0 Å². The highest BCUT2D eigenvalue weighted by molar-refractivity contribution is 7.18. The van der Waals surface area contributed by atoms with Gasteiger partial charge in [-0.05, 0) is 17.5 Å². The predicted molar refractivity (Wildman–Crippen MR) is 57.8 cm³/mol. The van der Waals surface area contributed by atoms with Gasteiger partial charge in [0.15, 0.2) is 5.41 Å². The Morgan fingerprint density at radius 2 is 2.50 bits per heavy atom. The largest absolute Gasteiger partial charge is 0.309 e. The maximum absolute atomic E-state index is 13.9. The topological polar surface area (TPSA) is 24.9 Å². The van der Waals surface area contributed by atoms with Crippen molar-refractivity contribution in [1.29, 1.82) is 0 Å². The van der Waals surface area contributed by atoms with Gasteiger partial charge < -0.3 is 5.32 Å². The molecule has 0 spiro atoms. The highest BCUT2D eigenvalue weighted by Crippen LogP contribution is 2.36. The van der Waals surface area contributed by atoms with E-state index in [2.05, 4.69) is 26.5 Å². The Balaban J connectivity index is 2.46. The van der Waals surface area contributed by atoms with Gasteiger partial charge >= 0.3 is 0 Å². The Kier molecular flexibility index (Phi) is 2.54. The van der Waals surface area contributed by atoms with Crippen molar-refractivity contribution in [2.75, 3.05) is 6.54 Å². The fourth-order valence-corrected chi connectivity index (χ4v) is 2.13. The molecule has 0 aliphatic carbocycles. The third-order valence-electron chi connectivity index (χ3n) is 2.52. The molecule has 1 aliphatic heterocycles. The van der Waals surface area contributed by atoms with E-state index < -0.39 is 5.41 Å². The van der Waals surface area contributed by atoms with Crippen LogP contribution in [0.4, 0.5) is 4.39 Å². The van der Waals surface area contributed by atoms with Crippen LogP contribution in [0.25, 0.3) is 0 Å². The summed E-state index contributed by atoms with van der Waals surface area (Å²) in [6.07, 6.45) is 2.71. The number of halogens is 1. The van der Waals surface area contributed by atoms with Crippen molar-refractivity contribution in [2.24, 2.45) is 0 Å². The second-order valence-corrected chi connectivity index (χ2v) is 4.59. The van der Waals surface area contributed by atoms with Crippen molar-refractivity contribution in [3.8, 4) is 0 Å². The summed E-state index contributed by atoms with van der Waals surface area (Å²) < 4.78 is 13.9. The number of nitrogens with zero attached hydrogens (tertiary/aromatic N) is 1. The summed E-state index contributed by atoms with van der Waals surface area (Å²) in [5, 5.41) is 1.64. The van der Waals surface area contributed by atoms with Gasteiger partial charge in [-0.2, -0.15) is 0 Å². The van der Waals surface area contributed by atoms with Crippen molar-refractivity contribution in [1.82, 2.24) is 10.3 Å². The second kappa shape index (κ2) is 3.56. The number of hydrogen-bond donors (Lipinski definition) is 1. The minimum atomic E-state index is -1.40. The van der Waals surface area contributed by atoms with E-state index in [9.17, 15) is 4.39 Å². The molecule has 2 nitrogen and oxygen atoms in total. The van der Waals surface area contributed by atoms with E-state index in [1.165, 1.54) is 0 Å². The standard InChI is InChI=1S/C10H14FN2P/c1-2-7-3-8-5-12-6-10(11,14)9(8)13-4-7/h3-4,12H,2,5-6,14H2,1H3. The Hall–Kier alpha value is -0.530. The average Bonchev–Trinajstić information content (AvgIpc) is 2.16. The van der Waals surface area contributed by atoms with Crippen LogP contribution in [0.5, 0.6) is 0 Å². The van der Waals surface area contributed by atoms with Gasteiger partial charge in [-0.3, -0.25) is 4.98 Å². The molecule has 2 atom stereocenters. The maximum atomic E-state index is 13.9. The first kappa shape index (κ1) is 10.0. The first-order valence-electron chi connectivity index (χ1n) is 4.80. The number of fused-ring (bicyclic) bond motifs is 1. The van der Waals surface area contributed by atoms with Crippen LogP contribution in [0.2, 0.25) is 0 Å². The van der Waals surface area contributed by atoms with Gasteiger partial charge in [0.2, 0.25) is 0 Å². The van der Waals surface area contributed by atoms with E-state index in [1.54, 1.807) is 6.20 Å². The fourth-order valence-electron chi connectivity index (χ4n) is 1.72. The number of hydrogen-bond acceptors (Lipinski definition) is 2. The zero-order chi connectivity index (χ0) is 10.2. The highest BCUT2D eigenvalue weighted by Gasteiger charge is 2.33. The lowest BCUT2D eigenvalue weighted by Gasteiger charge is -2.28. The molecule has 0 radical (unpaired) electrons. The van der Waals surface area contributed by atoms with Crippen molar-refractivity contribution >= 4 is 9.24 Å². The maximum Gasteiger partial charge on any atom is 0.177 e. The predicted octanol–water partition coefficient (Wildman–Crippen LogP) is 1.74. The molecule has 1 aromatic rings. The molecular weight excluding hydrogens is 198 g/mol. The summed E-state index contributed by atoms with van der Waals surface area (Å²) in [6.45, 7) is 3.11. The molecule has 0 bridgehead atoms. The number of aromatic nitrogens is 1. The van der Waals surface area contributed by atoms with Crippen LogP contribution in [0.1, 0.15) is 23.7 Å². The lowest BCUT2D eigenvalue weighted by molar-refractivity contribution is 0.257. The molecule has 14 heavy (non-hydrogen) atoms. The van der Waals surface area contributed by atoms with Gasteiger partial charge in [-0.15, -0.1) is 0 Å². The quantitative estimate of drug-likeness (QED) is 0.717. The average molecular weight is 212 g/mol. The van der Waals surface area contributed by atoms with Crippen LogP contribution in [-0.2, 0) is 18.4 Å². The first-order chi connectivity index (χ1) is 6.63. The van der Waals surface area contributed by atoms with Crippen molar-refractivity contribution in [3.05, 3.63) is 29.1 Å². The van der Waals surface area contributed by atoms with Gasteiger partial charge in [0.25, 0.3) is 0 Å². The minimum Gasteiger partial charge on any atom is -0.309 e. The highest BCUT2D eigenvalue weighted by atomic mass is 31.0. The molecule has 1 aliphatic rings. The number of pyridine rings is 1. The summed E-state index contributed by atoms with van der Waals surface area (Å²) in [5.41, 5.74) is 2.71. The zero-order valence-electron chi connectivity index (χ0n) is 8.18. The molecule has 0 amide bonds. The number of rotatable bonds is 1. The van der Waals surface area contributed by atoms with Crippen molar-refractivity contribution in [2.45, 2.75) is 25.3 Å². The van der Waals surface area contributed by atoms with E-state index in [4.69, 9.17) is 0 Å². The lowest BCUT2D eigenvalue weighted by atomic mass is 10.0. The lowest BCUT2D eigenvalue weighted by Crippen LogP contribution is -2.36. The normalized spacial score (nSPS) is 25.9. The zero-order valence-corrected chi connectivity index (χ0v) is 9.33. The summed E-state index contributed by atoms with van der Waals surface area (Å²) in [4.78, 5) is 4.21. The molecule has 1 N–H and O–H groups in total. The van der Waals surface area contributed by atoms with Gasteiger partial charge in [-0.25, -0.2) is 4.39 Å². The van der Waals surface area contributed by atoms with Gasteiger partial charge in [0, 0.05) is 19.3 Å². The fraction of sp³-hybridized carbons (Fsp3) is 0.500. The Morgan fingerprint density at radius 3 is 3.21 bits per heavy atom. The molecule has 0 saturated heterocycles. The summed E-state index contributed by atoms with van der Waals surface area (Å²) in [7, 11) is 2.23. The van der Waals surface area contributed by atoms with Gasteiger partial charge in [-0.1, -0.05) is 22.2 Å². The van der Waals surface area contributed by atoms with E-state index in [0.717, 1.165) is 24.1 Å². The Labute approximate surface area is 85.5 Å². The Bertz CT molecular complexity index is 352. The van der Waals surface area contributed by atoms with Crippen LogP contribution in [0.15, 0.2) is 12.3 Å². The molecule has 2 rings (SSSR count). The smallest absolute Gasteiger partial charge is 0.177 e. The molecule has 4 heteroatoms. The van der Waals surface area contributed by atoms with Gasteiger partial charge in [0.05, 0.1) is 5.69 Å². The monoisotopic (exact) mass is 212 g/mol. The van der Waals surface area contributed by atoms with Crippen LogP contribution in [-0.4, -0.2) is 11.5 Å². The van der Waals surface area contributed by atoms with E-state index in [-0.39, 0.29) is 0 Å². The second-order valence-electron chi connectivity index (χ2n) is 3.67. The number of alkyl halides is 1. The summed E-state index contributed by atoms with van der Waals surface area (Å²) >= 11 is 0. The molecule has 0 aromatic carbocycles. The third kappa shape index (κ3) is 1.67. The Morgan fingerprint density at radius 1 is 1.71 bits per heavy atom. The van der Waals surface area contributed by atoms with E-state index in [1.807, 2.05) is 6.07 Å². The van der Waals surface area contributed by atoms with Crippen LogP contribution in [0, 0.1) is 0 Å². The van der Waals surface area contributed by atoms with E-state index >= 15 is 0 Å². The molecule has 2 heterocycles. The van der Waals surface area contributed by atoms with Gasteiger partial charge in [0.1, 0.15) is 0 Å². The number of nitrogens with one attached hydrogen (secondary N) is 1. The van der Waals surface area contributed by atoms with Crippen molar-refractivity contribution < 1.29 is 4.39 Å². The third-order valence-corrected chi connectivity index (χ3v) is 3.00. The SMILES string of the molecule is CCc1cnc2c(c1)CNCC2(F)P. The first-order valence-corrected chi connectivity index (χ1v) is 5.38.